The lowest BCUT2D eigenvalue weighted by Gasteiger charge is -2.29. The van der Waals surface area contributed by atoms with Crippen LogP contribution in [0.2, 0.25) is 0 Å². The van der Waals surface area contributed by atoms with Crippen LogP contribution in [-0.2, 0) is 0 Å². The Kier molecular flexibility index (Phi) is 4.71. The highest BCUT2D eigenvalue weighted by Gasteiger charge is 2.40. The van der Waals surface area contributed by atoms with E-state index in [0.717, 1.165) is 32.1 Å². The van der Waals surface area contributed by atoms with Gasteiger partial charge in [0.15, 0.2) is 0 Å². The average Bonchev–Trinajstić information content (AvgIpc) is 3.14. The first-order valence-corrected chi connectivity index (χ1v) is 9.75. The van der Waals surface area contributed by atoms with Crippen LogP contribution >= 0.6 is 0 Å². The van der Waals surface area contributed by atoms with Crippen molar-refractivity contribution in [3.8, 4) is 6.07 Å². The van der Waals surface area contributed by atoms with Crippen LogP contribution in [0.4, 0.5) is 5.88 Å². The first kappa shape index (κ1) is 18.9. The molecule has 0 bridgehead atoms. The Morgan fingerprint density at radius 2 is 1.83 bits per heavy atom. The summed E-state index contributed by atoms with van der Waals surface area (Å²) < 4.78 is 5.47. The summed E-state index contributed by atoms with van der Waals surface area (Å²) in [7, 11) is 0. The van der Waals surface area contributed by atoms with Crippen LogP contribution in [0.1, 0.15) is 80.1 Å². The second kappa shape index (κ2) is 7.21. The molecule has 1 aromatic carbocycles. The lowest BCUT2D eigenvalue weighted by atomic mass is 9.94. The van der Waals surface area contributed by atoms with Crippen LogP contribution in [0.3, 0.4) is 0 Å². The zero-order valence-electron chi connectivity index (χ0n) is 16.4. The maximum Gasteiger partial charge on any atom is 0.261 e. The minimum atomic E-state index is -0.505. The van der Waals surface area contributed by atoms with E-state index in [1.54, 1.807) is 13.8 Å². The number of imide groups is 1. The number of anilines is 1. The van der Waals surface area contributed by atoms with E-state index < -0.39 is 5.91 Å². The van der Waals surface area contributed by atoms with Gasteiger partial charge in [-0.15, -0.1) is 0 Å². The van der Waals surface area contributed by atoms with Gasteiger partial charge in [0.1, 0.15) is 17.4 Å². The largest absolute Gasteiger partial charge is 0.444 e. The summed E-state index contributed by atoms with van der Waals surface area (Å²) in [6, 6.07) is 6.44. The third kappa shape index (κ3) is 3.11. The number of benzene rings is 1. The van der Waals surface area contributed by atoms with Crippen LogP contribution in [-0.4, -0.2) is 28.7 Å². The van der Waals surface area contributed by atoms with Gasteiger partial charge in [0.05, 0.1) is 11.1 Å². The summed E-state index contributed by atoms with van der Waals surface area (Å²) in [6.07, 6.45) is 4.80. The fraction of sp³-hybridized carbons (Fsp3) is 0.364. The zero-order chi connectivity index (χ0) is 20.7. The molecule has 3 amide bonds. The number of aryl methyl sites for hydroxylation is 1. The molecule has 2 heterocycles. The third-order valence-corrected chi connectivity index (χ3v) is 5.84. The Balaban J connectivity index is 1.60. The second-order valence-electron chi connectivity index (χ2n) is 7.59. The van der Waals surface area contributed by atoms with Crippen molar-refractivity contribution in [1.82, 2.24) is 4.90 Å². The van der Waals surface area contributed by atoms with Crippen molar-refractivity contribution >= 4 is 23.6 Å². The predicted octanol–water partition coefficient (Wildman–Crippen LogP) is 3.95. The molecular formula is C22H21N3O4. The molecule has 1 saturated carbocycles. The van der Waals surface area contributed by atoms with E-state index in [4.69, 9.17) is 4.42 Å². The van der Waals surface area contributed by atoms with Gasteiger partial charge in [-0.25, -0.2) is 0 Å². The lowest BCUT2D eigenvalue weighted by molar-refractivity contribution is 0.0549. The molecule has 0 atom stereocenters. The number of hydrogen-bond donors (Lipinski definition) is 1. The molecule has 7 nitrogen and oxygen atoms in total. The molecule has 7 heteroatoms. The molecular weight excluding hydrogens is 370 g/mol. The third-order valence-electron chi connectivity index (χ3n) is 5.84. The van der Waals surface area contributed by atoms with Crippen LogP contribution in [0.15, 0.2) is 22.6 Å². The Bertz CT molecular complexity index is 1070. The molecule has 0 unspecified atom stereocenters. The van der Waals surface area contributed by atoms with Gasteiger partial charge < -0.3 is 4.42 Å². The first-order chi connectivity index (χ1) is 13.9. The molecule has 2 aromatic rings. The molecule has 0 radical (unpaired) electrons. The Labute approximate surface area is 168 Å². The van der Waals surface area contributed by atoms with E-state index in [1.165, 1.54) is 23.1 Å². The molecule has 29 heavy (non-hydrogen) atoms. The van der Waals surface area contributed by atoms with E-state index in [-0.39, 0.29) is 40.4 Å². The first-order valence-electron chi connectivity index (χ1n) is 9.75. The summed E-state index contributed by atoms with van der Waals surface area (Å²) in [4.78, 5) is 39.7. The summed E-state index contributed by atoms with van der Waals surface area (Å²) in [5, 5.41) is 11.9. The van der Waals surface area contributed by atoms with Crippen molar-refractivity contribution in [3.05, 3.63) is 51.8 Å². The molecule has 1 fully saturated rings. The highest BCUT2D eigenvalue weighted by atomic mass is 16.4. The maximum atomic E-state index is 12.9. The number of carbonyl (C=O) groups excluding carboxylic acids is 3. The molecule has 1 aliphatic carbocycles. The Hall–Kier alpha value is -3.40. The maximum absolute atomic E-state index is 12.9. The minimum absolute atomic E-state index is 0.0688. The Morgan fingerprint density at radius 3 is 2.52 bits per heavy atom. The molecule has 1 aliphatic heterocycles. The monoisotopic (exact) mass is 391 g/mol. The van der Waals surface area contributed by atoms with Gasteiger partial charge in [-0.2, -0.15) is 5.26 Å². The van der Waals surface area contributed by atoms with Crippen molar-refractivity contribution < 1.29 is 18.8 Å². The number of hydrogen-bond acceptors (Lipinski definition) is 5. The minimum Gasteiger partial charge on any atom is -0.444 e. The normalized spacial score (nSPS) is 16.7. The van der Waals surface area contributed by atoms with Crippen LogP contribution in [0.25, 0.3) is 0 Å². The molecule has 4 rings (SSSR count). The number of fused-ring (bicyclic) bond motifs is 1. The molecule has 2 aliphatic rings. The number of carbonyl (C=O) groups is 3. The van der Waals surface area contributed by atoms with E-state index in [0.29, 0.717) is 16.9 Å². The van der Waals surface area contributed by atoms with E-state index in [9.17, 15) is 19.6 Å². The van der Waals surface area contributed by atoms with Gasteiger partial charge in [-0.05, 0) is 44.9 Å². The molecule has 0 saturated heterocycles. The van der Waals surface area contributed by atoms with E-state index in [1.807, 2.05) is 6.07 Å². The number of amides is 3. The van der Waals surface area contributed by atoms with Crippen molar-refractivity contribution in [2.24, 2.45) is 0 Å². The number of rotatable bonds is 3. The van der Waals surface area contributed by atoms with Gasteiger partial charge in [0.25, 0.3) is 17.7 Å². The van der Waals surface area contributed by atoms with Gasteiger partial charge >= 0.3 is 0 Å². The summed E-state index contributed by atoms with van der Waals surface area (Å²) in [5.41, 5.74) is 1.75. The van der Waals surface area contributed by atoms with E-state index >= 15 is 0 Å². The van der Waals surface area contributed by atoms with Crippen LogP contribution in [0.5, 0.6) is 0 Å². The number of nitrogens with zero attached hydrogens (tertiary/aromatic N) is 2. The van der Waals surface area contributed by atoms with Crippen molar-refractivity contribution in [1.29, 1.82) is 5.26 Å². The zero-order valence-corrected chi connectivity index (χ0v) is 16.4. The van der Waals surface area contributed by atoms with Crippen molar-refractivity contribution in [2.45, 2.75) is 52.0 Å². The highest BCUT2D eigenvalue weighted by molar-refractivity contribution is 6.22. The summed E-state index contributed by atoms with van der Waals surface area (Å²) in [6.45, 7) is 3.46. The number of nitrogens with one attached hydrogen (secondary N) is 1. The second-order valence-corrected chi connectivity index (χ2v) is 7.59. The van der Waals surface area contributed by atoms with Gasteiger partial charge in [0.2, 0.25) is 5.88 Å². The molecule has 0 spiro atoms. The fourth-order valence-electron chi connectivity index (χ4n) is 4.10. The van der Waals surface area contributed by atoms with Crippen molar-refractivity contribution in [2.75, 3.05) is 5.32 Å². The van der Waals surface area contributed by atoms with Gasteiger partial charge in [-0.3, -0.25) is 24.6 Å². The SMILES string of the molecule is Cc1oc(NC(=O)c2ccc3c(c2)C(=O)N(C2CCCCC2)C3=O)c(C#N)c1C. The standard InChI is InChI=1S/C22H21N3O4/c1-12-13(2)29-20(18(12)11-23)24-19(26)14-8-9-16-17(10-14)22(28)25(21(16)27)15-6-4-3-5-7-15/h8-10,15H,3-7H2,1-2H3,(H,24,26). The Morgan fingerprint density at radius 1 is 1.14 bits per heavy atom. The van der Waals surface area contributed by atoms with Crippen LogP contribution < -0.4 is 5.32 Å². The average molecular weight is 391 g/mol. The van der Waals surface area contributed by atoms with Gasteiger partial charge in [-0.1, -0.05) is 19.3 Å². The van der Waals surface area contributed by atoms with Crippen molar-refractivity contribution in [3.63, 3.8) is 0 Å². The molecule has 1 aromatic heterocycles. The quantitative estimate of drug-likeness (QED) is 0.798. The molecule has 148 valence electrons. The fourth-order valence-corrected chi connectivity index (χ4v) is 4.10. The summed E-state index contributed by atoms with van der Waals surface area (Å²) >= 11 is 0. The molecule has 1 N–H and O–H groups in total. The lowest BCUT2D eigenvalue weighted by Crippen LogP contribution is -2.40. The predicted molar refractivity (Wildman–Crippen MR) is 105 cm³/mol. The van der Waals surface area contributed by atoms with Crippen LogP contribution in [0, 0.1) is 25.2 Å². The number of furan rings is 1. The van der Waals surface area contributed by atoms with Gasteiger partial charge in [0, 0.05) is 17.2 Å². The van der Waals surface area contributed by atoms with E-state index in [2.05, 4.69) is 5.32 Å². The number of nitriles is 1. The topological polar surface area (TPSA) is 103 Å². The summed E-state index contributed by atoms with van der Waals surface area (Å²) in [5.74, 6) is -0.495. The highest BCUT2D eigenvalue weighted by Crippen LogP contribution is 2.32. The smallest absolute Gasteiger partial charge is 0.261 e.